The topological polar surface area (TPSA) is 17.1 Å². The van der Waals surface area contributed by atoms with Crippen LogP contribution in [0.5, 0.6) is 0 Å². The van der Waals surface area contributed by atoms with Gasteiger partial charge in [-0.1, -0.05) is 60.4 Å². The van der Waals surface area contributed by atoms with Gasteiger partial charge < -0.3 is 0 Å². The zero-order chi connectivity index (χ0) is 12.6. The fourth-order valence-electron chi connectivity index (χ4n) is 1.56. The van der Waals surface area contributed by atoms with E-state index in [1.54, 1.807) is 0 Å². The Morgan fingerprint density at radius 2 is 1.50 bits per heavy atom. The van der Waals surface area contributed by atoms with E-state index in [1.807, 2.05) is 60.7 Å². The molecule has 0 saturated carbocycles. The number of allylic oxidation sites excluding steroid dienone is 2. The van der Waals surface area contributed by atoms with E-state index in [9.17, 15) is 4.79 Å². The van der Waals surface area contributed by atoms with Gasteiger partial charge >= 0.3 is 0 Å². The predicted molar refractivity (Wildman–Crippen MR) is 73.8 cm³/mol. The number of carbonyl (C=O) groups excluding carboxylic acids is 1. The van der Waals surface area contributed by atoms with Gasteiger partial charge in [-0.05, 0) is 23.8 Å². The van der Waals surface area contributed by atoms with Gasteiger partial charge in [0.2, 0.25) is 0 Å². The molecule has 0 aliphatic rings. The maximum atomic E-state index is 10.7. The van der Waals surface area contributed by atoms with Crippen LogP contribution in [0.15, 0.2) is 66.7 Å². The highest BCUT2D eigenvalue weighted by Crippen LogP contribution is 2.12. The van der Waals surface area contributed by atoms with Crippen molar-refractivity contribution >= 4 is 11.9 Å². The third-order valence-corrected chi connectivity index (χ3v) is 2.43. The Morgan fingerprint density at radius 3 is 2.11 bits per heavy atom. The lowest BCUT2D eigenvalue weighted by Crippen LogP contribution is -1.82. The number of aldehydes is 1. The monoisotopic (exact) mass is 232 g/mol. The Balaban J connectivity index is 2.32. The van der Waals surface area contributed by atoms with Gasteiger partial charge in [-0.25, -0.2) is 0 Å². The smallest absolute Gasteiger partial charge is 0.144 e. The van der Waals surface area contributed by atoms with Crippen molar-refractivity contribution in [2.45, 2.75) is 0 Å². The van der Waals surface area contributed by atoms with Crippen molar-refractivity contribution in [1.82, 2.24) is 0 Å². The zero-order valence-electron chi connectivity index (χ0n) is 9.84. The standard InChI is InChI=1S/C17H12O/c18-14-13-17(16-9-5-2-6-10-16)12-11-15-7-3-1-4-8-15/h1-10,13-14H/b17-13+. The van der Waals surface area contributed by atoms with Gasteiger partial charge in [0.1, 0.15) is 6.29 Å². The van der Waals surface area contributed by atoms with Gasteiger partial charge in [0.25, 0.3) is 0 Å². The number of hydrogen-bond donors (Lipinski definition) is 0. The van der Waals surface area contributed by atoms with Crippen molar-refractivity contribution in [3.05, 3.63) is 77.9 Å². The minimum absolute atomic E-state index is 0.731. The Morgan fingerprint density at radius 1 is 0.889 bits per heavy atom. The molecule has 0 unspecified atom stereocenters. The van der Waals surface area contributed by atoms with E-state index in [2.05, 4.69) is 11.8 Å². The molecule has 1 heteroatoms. The SMILES string of the molecule is O=C/C=C(\C#Cc1ccccc1)c1ccccc1. The van der Waals surface area contributed by atoms with Crippen molar-refractivity contribution < 1.29 is 4.79 Å². The van der Waals surface area contributed by atoms with Crippen molar-refractivity contribution in [2.75, 3.05) is 0 Å². The molecule has 2 aromatic rings. The summed E-state index contributed by atoms with van der Waals surface area (Å²) in [5.41, 5.74) is 2.62. The Kier molecular flexibility index (Phi) is 4.11. The van der Waals surface area contributed by atoms with Crippen LogP contribution in [0.1, 0.15) is 11.1 Å². The summed E-state index contributed by atoms with van der Waals surface area (Å²) in [6, 6.07) is 19.4. The second-order valence-electron chi connectivity index (χ2n) is 3.70. The molecule has 1 nitrogen and oxygen atoms in total. The van der Waals surface area contributed by atoms with Crippen LogP contribution in [0.2, 0.25) is 0 Å². The largest absolute Gasteiger partial charge is 0.299 e. The molecule has 0 atom stereocenters. The molecular weight excluding hydrogens is 220 g/mol. The Hall–Kier alpha value is -2.59. The number of rotatable bonds is 2. The van der Waals surface area contributed by atoms with Gasteiger partial charge in [0.05, 0.1) is 0 Å². The molecular formula is C17H12O. The van der Waals surface area contributed by atoms with Gasteiger partial charge in [-0.2, -0.15) is 0 Å². The Bertz CT molecular complexity index is 598. The molecule has 0 bridgehead atoms. The summed E-state index contributed by atoms with van der Waals surface area (Å²) in [5, 5.41) is 0. The summed E-state index contributed by atoms with van der Waals surface area (Å²) in [6.07, 6.45) is 2.26. The molecule has 0 heterocycles. The van der Waals surface area contributed by atoms with E-state index in [4.69, 9.17) is 0 Å². The van der Waals surface area contributed by atoms with Crippen molar-refractivity contribution in [3.63, 3.8) is 0 Å². The second kappa shape index (κ2) is 6.22. The summed E-state index contributed by atoms with van der Waals surface area (Å²) in [5.74, 6) is 6.08. The van der Waals surface area contributed by atoms with E-state index in [1.165, 1.54) is 6.08 Å². The fraction of sp³-hybridized carbons (Fsp3) is 0. The lowest BCUT2D eigenvalue weighted by atomic mass is 10.1. The van der Waals surface area contributed by atoms with Crippen LogP contribution in [0, 0.1) is 11.8 Å². The van der Waals surface area contributed by atoms with Crippen LogP contribution in [0.4, 0.5) is 0 Å². The minimum atomic E-state index is 0.731. The van der Waals surface area contributed by atoms with Gasteiger partial charge in [-0.15, -0.1) is 0 Å². The maximum absolute atomic E-state index is 10.7. The highest BCUT2D eigenvalue weighted by molar-refractivity contribution is 5.89. The first-order valence-electron chi connectivity index (χ1n) is 5.68. The third-order valence-electron chi connectivity index (χ3n) is 2.43. The van der Waals surface area contributed by atoms with Crippen molar-refractivity contribution in [1.29, 1.82) is 0 Å². The number of benzene rings is 2. The van der Waals surface area contributed by atoms with Gasteiger partial charge in [-0.3, -0.25) is 4.79 Å². The molecule has 0 spiro atoms. The molecule has 86 valence electrons. The normalized spacial score (nSPS) is 10.3. The summed E-state index contributed by atoms with van der Waals surface area (Å²) in [6.45, 7) is 0. The van der Waals surface area contributed by atoms with Crippen LogP contribution < -0.4 is 0 Å². The first-order chi connectivity index (χ1) is 8.90. The molecule has 0 amide bonds. The molecule has 0 saturated heterocycles. The minimum Gasteiger partial charge on any atom is -0.299 e. The number of hydrogen-bond acceptors (Lipinski definition) is 1. The van der Waals surface area contributed by atoms with Crippen molar-refractivity contribution in [2.24, 2.45) is 0 Å². The fourth-order valence-corrected chi connectivity index (χ4v) is 1.56. The summed E-state index contributed by atoms with van der Waals surface area (Å²) >= 11 is 0. The van der Waals surface area contributed by atoms with E-state index in [0.717, 1.165) is 23.0 Å². The molecule has 0 radical (unpaired) electrons. The van der Waals surface area contributed by atoms with E-state index in [0.29, 0.717) is 0 Å². The average molecular weight is 232 g/mol. The van der Waals surface area contributed by atoms with Crippen LogP contribution >= 0.6 is 0 Å². The van der Waals surface area contributed by atoms with E-state index < -0.39 is 0 Å². The molecule has 0 N–H and O–H groups in total. The first-order valence-corrected chi connectivity index (χ1v) is 5.68. The highest BCUT2D eigenvalue weighted by Gasteiger charge is 1.95. The molecule has 18 heavy (non-hydrogen) atoms. The molecule has 0 aromatic heterocycles. The van der Waals surface area contributed by atoms with Crippen molar-refractivity contribution in [3.8, 4) is 11.8 Å². The van der Waals surface area contributed by atoms with E-state index >= 15 is 0 Å². The van der Waals surface area contributed by atoms with Crippen LogP contribution in [-0.4, -0.2) is 6.29 Å². The zero-order valence-corrected chi connectivity index (χ0v) is 9.84. The molecule has 0 fully saturated rings. The molecule has 0 aliphatic heterocycles. The first kappa shape index (κ1) is 11.9. The Labute approximate surface area is 107 Å². The summed E-state index contributed by atoms with van der Waals surface area (Å²) in [7, 11) is 0. The van der Waals surface area contributed by atoms with Crippen LogP contribution in [0.3, 0.4) is 0 Å². The average Bonchev–Trinajstić information content (AvgIpc) is 2.45. The molecule has 2 aromatic carbocycles. The number of carbonyl (C=O) groups is 1. The molecule has 2 rings (SSSR count). The van der Waals surface area contributed by atoms with Crippen LogP contribution in [0.25, 0.3) is 5.57 Å². The predicted octanol–water partition coefficient (Wildman–Crippen LogP) is 3.32. The lowest BCUT2D eigenvalue weighted by molar-refractivity contribution is -0.104. The quantitative estimate of drug-likeness (QED) is 0.441. The highest BCUT2D eigenvalue weighted by atomic mass is 16.1. The maximum Gasteiger partial charge on any atom is 0.144 e. The molecule has 0 aliphatic carbocycles. The van der Waals surface area contributed by atoms with E-state index in [-0.39, 0.29) is 0 Å². The summed E-state index contributed by atoms with van der Waals surface area (Å²) in [4.78, 5) is 10.7. The van der Waals surface area contributed by atoms with Gasteiger partial charge in [0.15, 0.2) is 0 Å². The third kappa shape index (κ3) is 3.20. The van der Waals surface area contributed by atoms with Crippen LogP contribution in [-0.2, 0) is 4.79 Å². The lowest BCUT2D eigenvalue weighted by Gasteiger charge is -1.97. The van der Waals surface area contributed by atoms with Gasteiger partial charge in [0, 0.05) is 11.1 Å². The summed E-state index contributed by atoms with van der Waals surface area (Å²) < 4.78 is 0. The second-order valence-corrected chi connectivity index (χ2v) is 3.70.